The minimum atomic E-state index is 0.675. The van der Waals surface area contributed by atoms with Crippen LogP contribution in [-0.2, 0) is 6.42 Å². The Balaban J connectivity index is 2.59. The lowest BCUT2D eigenvalue weighted by atomic mass is 10.1. The molecule has 0 aliphatic heterocycles. The van der Waals surface area contributed by atoms with Crippen LogP contribution in [-0.4, -0.2) is 32.1 Å². The first kappa shape index (κ1) is 14.1. The molecule has 0 fully saturated rings. The number of ether oxygens (including phenoxy) is 1. The van der Waals surface area contributed by atoms with Crippen molar-refractivity contribution in [3.8, 4) is 5.75 Å². The average Bonchev–Trinajstić information content (AvgIpc) is 2.27. The van der Waals surface area contributed by atoms with Crippen molar-refractivity contribution in [2.45, 2.75) is 12.8 Å². The van der Waals surface area contributed by atoms with E-state index in [4.69, 9.17) is 16.3 Å². The Morgan fingerprint density at radius 1 is 1.41 bits per heavy atom. The zero-order valence-electron chi connectivity index (χ0n) is 10.6. The molecule has 94 valence electrons. The maximum absolute atomic E-state index is 6.14. The van der Waals surface area contributed by atoms with Crippen LogP contribution in [0.4, 0.5) is 0 Å². The standard InChI is InChI=1S/C14H20ClNO/c1-4-7-12-8-5-9-13(15)14(12)17-11-6-10-16(2)3/h4-5,8-9H,1,6-7,10-11H2,2-3H3. The first-order valence-corrected chi connectivity index (χ1v) is 6.18. The summed E-state index contributed by atoms with van der Waals surface area (Å²) in [6.07, 6.45) is 3.63. The van der Waals surface area contributed by atoms with Crippen LogP contribution < -0.4 is 4.74 Å². The van der Waals surface area contributed by atoms with Gasteiger partial charge in [0, 0.05) is 6.54 Å². The normalized spacial score (nSPS) is 10.6. The SMILES string of the molecule is C=CCc1cccc(Cl)c1OCCCN(C)C. The smallest absolute Gasteiger partial charge is 0.141 e. The molecule has 0 amide bonds. The zero-order chi connectivity index (χ0) is 12.7. The van der Waals surface area contributed by atoms with Crippen LogP contribution in [0.25, 0.3) is 0 Å². The van der Waals surface area contributed by atoms with Gasteiger partial charge in [-0.3, -0.25) is 0 Å². The summed E-state index contributed by atoms with van der Waals surface area (Å²) in [4.78, 5) is 2.14. The molecule has 0 N–H and O–H groups in total. The fourth-order valence-electron chi connectivity index (χ4n) is 1.59. The monoisotopic (exact) mass is 253 g/mol. The van der Waals surface area contributed by atoms with Gasteiger partial charge in [-0.25, -0.2) is 0 Å². The molecule has 1 aromatic rings. The van der Waals surface area contributed by atoms with E-state index >= 15 is 0 Å². The van der Waals surface area contributed by atoms with E-state index in [1.54, 1.807) is 0 Å². The quantitative estimate of drug-likeness (QED) is 0.546. The molecule has 1 aromatic carbocycles. The summed E-state index contributed by atoms with van der Waals surface area (Å²) in [6, 6.07) is 5.82. The highest BCUT2D eigenvalue weighted by Gasteiger charge is 2.06. The highest BCUT2D eigenvalue weighted by molar-refractivity contribution is 6.32. The highest BCUT2D eigenvalue weighted by Crippen LogP contribution is 2.29. The molecule has 2 nitrogen and oxygen atoms in total. The van der Waals surface area contributed by atoms with Crippen molar-refractivity contribution in [1.82, 2.24) is 4.90 Å². The molecule has 0 aliphatic rings. The molecule has 0 saturated carbocycles. The molecule has 0 aliphatic carbocycles. The molecule has 0 heterocycles. The van der Waals surface area contributed by atoms with Gasteiger partial charge >= 0.3 is 0 Å². The Kier molecular flexibility index (Phi) is 6.09. The molecule has 0 spiro atoms. The summed E-state index contributed by atoms with van der Waals surface area (Å²) in [5.41, 5.74) is 1.09. The van der Waals surface area contributed by atoms with E-state index in [2.05, 4.69) is 25.6 Å². The lowest BCUT2D eigenvalue weighted by Crippen LogP contribution is -2.15. The molecule has 0 atom stereocenters. The summed E-state index contributed by atoms with van der Waals surface area (Å²) < 4.78 is 5.76. The third kappa shape index (κ3) is 4.80. The van der Waals surface area contributed by atoms with E-state index in [0.717, 1.165) is 30.7 Å². The number of nitrogens with zero attached hydrogens (tertiary/aromatic N) is 1. The Labute approximate surface area is 109 Å². The maximum atomic E-state index is 6.14. The van der Waals surface area contributed by atoms with E-state index in [9.17, 15) is 0 Å². The van der Waals surface area contributed by atoms with Gasteiger partial charge in [-0.05, 0) is 38.6 Å². The van der Waals surface area contributed by atoms with E-state index in [0.29, 0.717) is 11.6 Å². The van der Waals surface area contributed by atoms with Crippen LogP contribution in [0, 0.1) is 0 Å². The second kappa shape index (κ2) is 7.36. The fourth-order valence-corrected chi connectivity index (χ4v) is 1.84. The van der Waals surface area contributed by atoms with Gasteiger partial charge in [0.2, 0.25) is 0 Å². The Morgan fingerprint density at radius 3 is 2.82 bits per heavy atom. The second-order valence-electron chi connectivity index (χ2n) is 4.23. The zero-order valence-corrected chi connectivity index (χ0v) is 11.3. The molecule has 1 rings (SSSR count). The van der Waals surface area contributed by atoms with Crippen LogP contribution in [0.1, 0.15) is 12.0 Å². The number of hydrogen-bond acceptors (Lipinski definition) is 2. The molecule has 17 heavy (non-hydrogen) atoms. The van der Waals surface area contributed by atoms with Gasteiger partial charge in [0.1, 0.15) is 5.75 Å². The van der Waals surface area contributed by atoms with E-state index in [1.165, 1.54) is 0 Å². The number of benzene rings is 1. The molecule has 0 saturated heterocycles. The Morgan fingerprint density at radius 2 is 2.18 bits per heavy atom. The summed E-state index contributed by atoms with van der Waals surface area (Å²) in [7, 11) is 4.11. The minimum Gasteiger partial charge on any atom is -0.492 e. The van der Waals surface area contributed by atoms with Crippen molar-refractivity contribution in [1.29, 1.82) is 0 Å². The number of halogens is 1. The van der Waals surface area contributed by atoms with Gasteiger partial charge in [0.15, 0.2) is 0 Å². The van der Waals surface area contributed by atoms with Crippen molar-refractivity contribution in [3.63, 3.8) is 0 Å². The molecule has 0 radical (unpaired) electrons. The van der Waals surface area contributed by atoms with Crippen LogP contribution >= 0.6 is 11.6 Å². The third-order valence-electron chi connectivity index (χ3n) is 2.41. The fraction of sp³-hybridized carbons (Fsp3) is 0.429. The first-order valence-electron chi connectivity index (χ1n) is 5.81. The minimum absolute atomic E-state index is 0.675. The van der Waals surface area contributed by atoms with Crippen LogP contribution in [0.15, 0.2) is 30.9 Å². The van der Waals surface area contributed by atoms with Gasteiger partial charge in [0.05, 0.1) is 11.6 Å². The topological polar surface area (TPSA) is 12.5 Å². The number of rotatable bonds is 7. The largest absolute Gasteiger partial charge is 0.492 e. The first-order chi connectivity index (χ1) is 8.15. The van der Waals surface area contributed by atoms with Crippen molar-refractivity contribution in [2.75, 3.05) is 27.2 Å². The van der Waals surface area contributed by atoms with Gasteiger partial charge < -0.3 is 9.64 Å². The van der Waals surface area contributed by atoms with Gasteiger partial charge in [-0.1, -0.05) is 29.8 Å². The van der Waals surface area contributed by atoms with Crippen LogP contribution in [0.3, 0.4) is 0 Å². The van der Waals surface area contributed by atoms with E-state index in [-0.39, 0.29) is 0 Å². The van der Waals surface area contributed by atoms with Crippen LogP contribution in [0.2, 0.25) is 5.02 Å². The van der Waals surface area contributed by atoms with Crippen molar-refractivity contribution in [2.24, 2.45) is 0 Å². The maximum Gasteiger partial charge on any atom is 0.141 e. The number of allylic oxidation sites excluding steroid dienone is 1. The summed E-state index contributed by atoms with van der Waals surface area (Å²) in [5.74, 6) is 0.799. The summed E-state index contributed by atoms with van der Waals surface area (Å²) in [6.45, 7) is 5.44. The van der Waals surface area contributed by atoms with Crippen LogP contribution in [0.5, 0.6) is 5.75 Å². The van der Waals surface area contributed by atoms with Gasteiger partial charge in [-0.15, -0.1) is 6.58 Å². The predicted octanol–water partition coefficient (Wildman–Crippen LogP) is 3.40. The molecule has 3 heteroatoms. The molecule has 0 aromatic heterocycles. The van der Waals surface area contributed by atoms with E-state index in [1.807, 2.05) is 24.3 Å². The molecule has 0 bridgehead atoms. The van der Waals surface area contributed by atoms with Crippen molar-refractivity contribution in [3.05, 3.63) is 41.4 Å². The molecular weight excluding hydrogens is 234 g/mol. The summed E-state index contributed by atoms with van der Waals surface area (Å²) >= 11 is 6.14. The lowest BCUT2D eigenvalue weighted by Gasteiger charge is -2.13. The van der Waals surface area contributed by atoms with Gasteiger partial charge in [-0.2, -0.15) is 0 Å². The Bertz CT molecular complexity index is 363. The molecular formula is C14H20ClNO. The number of para-hydroxylation sites is 1. The predicted molar refractivity (Wildman–Crippen MR) is 74.0 cm³/mol. The van der Waals surface area contributed by atoms with Gasteiger partial charge in [0.25, 0.3) is 0 Å². The second-order valence-corrected chi connectivity index (χ2v) is 4.63. The highest BCUT2D eigenvalue weighted by atomic mass is 35.5. The van der Waals surface area contributed by atoms with E-state index < -0.39 is 0 Å². The third-order valence-corrected chi connectivity index (χ3v) is 2.71. The average molecular weight is 254 g/mol. The van der Waals surface area contributed by atoms with Crippen molar-refractivity contribution >= 4 is 11.6 Å². The number of hydrogen-bond donors (Lipinski definition) is 0. The molecule has 0 unspecified atom stereocenters. The van der Waals surface area contributed by atoms with Crippen molar-refractivity contribution < 1.29 is 4.74 Å². The Hall–Kier alpha value is -0.990. The lowest BCUT2D eigenvalue weighted by molar-refractivity contribution is 0.280. The summed E-state index contributed by atoms with van der Waals surface area (Å²) in [5, 5.41) is 0.675.